The molecule has 0 spiro atoms. The molecule has 0 aliphatic carbocycles. The number of benzene rings is 1. The zero-order valence-corrected chi connectivity index (χ0v) is 13.0. The summed E-state index contributed by atoms with van der Waals surface area (Å²) in [5, 5.41) is 0. The molecule has 0 aliphatic heterocycles. The minimum atomic E-state index is 0.636. The zero-order chi connectivity index (χ0) is 14.8. The van der Waals surface area contributed by atoms with Gasteiger partial charge in [0.25, 0.3) is 0 Å². The van der Waals surface area contributed by atoms with Gasteiger partial charge in [-0.1, -0.05) is 26.0 Å². The smallest absolute Gasteiger partial charge is 0.161 e. The van der Waals surface area contributed by atoms with Gasteiger partial charge in [-0.2, -0.15) is 0 Å². The Balaban J connectivity index is 2.45. The van der Waals surface area contributed by atoms with E-state index in [0.717, 1.165) is 31.1 Å². The molecule has 1 rings (SSSR count). The van der Waals surface area contributed by atoms with Crippen molar-refractivity contribution in [3.05, 3.63) is 24.3 Å². The van der Waals surface area contributed by atoms with E-state index in [2.05, 4.69) is 18.7 Å². The van der Waals surface area contributed by atoms with Crippen molar-refractivity contribution < 1.29 is 9.47 Å². The quantitative estimate of drug-likeness (QED) is 0.715. The van der Waals surface area contributed by atoms with Gasteiger partial charge in [0.1, 0.15) is 6.61 Å². The molecule has 4 heteroatoms. The molecule has 0 fully saturated rings. The van der Waals surface area contributed by atoms with Crippen molar-refractivity contribution in [1.82, 2.24) is 4.90 Å². The molecular weight excluding hydrogens is 252 g/mol. The van der Waals surface area contributed by atoms with Gasteiger partial charge in [-0.25, -0.2) is 0 Å². The summed E-state index contributed by atoms with van der Waals surface area (Å²) < 4.78 is 11.4. The largest absolute Gasteiger partial charge is 0.490 e. The second-order valence-corrected chi connectivity index (χ2v) is 5.21. The number of hydrogen-bond acceptors (Lipinski definition) is 4. The fourth-order valence-corrected chi connectivity index (χ4v) is 2.12. The number of rotatable bonds is 10. The predicted octanol–water partition coefficient (Wildman–Crippen LogP) is 2.38. The highest BCUT2D eigenvalue weighted by atomic mass is 16.5. The summed E-state index contributed by atoms with van der Waals surface area (Å²) in [7, 11) is 0. The van der Waals surface area contributed by atoms with E-state index in [1.807, 2.05) is 31.2 Å². The van der Waals surface area contributed by atoms with Crippen LogP contribution in [-0.2, 0) is 0 Å². The monoisotopic (exact) mass is 280 g/mol. The molecule has 0 radical (unpaired) electrons. The molecule has 0 unspecified atom stereocenters. The van der Waals surface area contributed by atoms with E-state index >= 15 is 0 Å². The molecule has 0 bridgehead atoms. The van der Waals surface area contributed by atoms with Crippen LogP contribution in [0.4, 0.5) is 0 Å². The highest BCUT2D eigenvalue weighted by Gasteiger charge is 2.08. The Bertz CT molecular complexity index is 369. The fraction of sp³-hybridized carbons (Fsp3) is 0.625. The Kier molecular flexibility index (Phi) is 8.07. The number of ether oxygens (including phenoxy) is 2. The molecule has 0 heterocycles. The van der Waals surface area contributed by atoms with Crippen LogP contribution in [0, 0.1) is 5.92 Å². The van der Waals surface area contributed by atoms with Crippen LogP contribution in [0.15, 0.2) is 24.3 Å². The highest BCUT2D eigenvalue weighted by molar-refractivity contribution is 5.39. The number of nitrogens with zero attached hydrogens (tertiary/aromatic N) is 1. The van der Waals surface area contributed by atoms with E-state index < -0.39 is 0 Å². The fourth-order valence-electron chi connectivity index (χ4n) is 2.12. The van der Waals surface area contributed by atoms with E-state index in [4.69, 9.17) is 15.2 Å². The molecule has 0 aliphatic rings. The van der Waals surface area contributed by atoms with E-state index in [1.165, 1.54) is 0 Å². The van der Waals surface area contributed by atoms with Gasteiger partial charge in [0.2, 0.25) is 0 Å². The summed E-state index contributed by atoms with van der Waals surface area (Å²) in [6, 6.07) is 7.80. The molecule has 0 amide bonds. The molecule has 114 valence electrons. The SMILES string of the molecule is CCOc1ccccc1OCCN(CCN)CC(C)C. The first-order valence-electron chi connectivity index (χ1n) is 7.44. The van der Waals surface area contributed by atoms with Crippen molar-refractivity contribution in [3.8, 4) is 11.5 Å². The topological polar surface area (TPSA) is 47.7 Å². The standard InChI is InChI=1S/C16H28N2O2/c1-4-19-15-7-5-6-8-16(15)20-12-11-18(10-9-17)13-14(2)3/h5-8,14H,4,9-13,17H2,1-3H3. The second-order valence-electron chi connectivity index (χ2n) is 5.21. The first-order valence-corrected chi connectivity index (χ1v) is 7.44. The number of hydrogen-bond donors (Lipinski definition) is 1. The molecule has 0 atom stereocenters. The first-order chi connectivity index (χ1) is 9.67. The molecule has 2 N–H and O–H groups in total. The lowest BCUT2D eigenvalue weighted by molar-refractivity contribution is 0.191. The van der Waals surface area contributed by atoms with Crippen molar-refractivity contribution >= 4 is 0 Å². The summed E-state index contributed by atoms with van der Waals surface area (Å²) in [6.45, 7) is 11.2. The third-order valence-corrected chi connectivity index (χ3v) is 2.88. The number of para-hydroxylation sites is 2. The van der Waals surface area contributed by atoms with Crippen LogP contribution in [0.1, 0.15) is 20.8 Å². The van der Waals surface area contributed by atoms with Gasteiger partial charge < -0.3 is 15.2 Å². The molecule has 20 heavy (non-hydrogen) atoms. The van der Waals surface area contributed by atoms with Gasteiger partial charge in [-0.15, -0.1) is 0 Å². The van der Waals surface area contributed by atoms with Crippen molar-refractivity contribution in [2.24, 2.45) is 11.7 Å². The molecule has 0 aromatic heterocycles. The van der Waals surface area contributed by atoms with Crippen LogP contribution in [0.25, 0.3) is 0 Å². The lowest BCUT2D eigenvalue weighted by Crippen LogP contribution is -2.35. The maximum absolute atomic E-state index is 5.84. The lowest BCUT2D eigenvalue weighted by Gasteiger charge is -2.23. The van der Waals surface area contributed by atoms with Crippen LogP contribution < -0.4 is 15.2 Å². The van der Waals surface area contributed by atoms with Crippen molar-refractivity contribution in [2.75, 3.05) is 39.4 Å². The summed E-state index contributed by atoms with van der Waals surface area (Å²) >= 11 is 0. The van der Waals surface area contributed by atoms with Crippen LogP contribution in [0.3, 0.4) is 0 Å². The van der Waals surface area contributed by atoms with Crippen molar-refractivity contribution in [2.45, 2.75) is 20.8 Å². The molecule has 1 aromatic rings. The van der Waals surface area contributed by atoms with E-state index in [-0.39, 0.29) is 0 Å². The van der Waals surface area contributed by atoms with Crippen molar-refractivity contribution in [3.63, 3.8) is 0 Å². The maximum atomic E-state index is 5.84. The molecular formula is C16H28N2O2. The van der Waals surface area contributed by atoms with Gasteiger partial charge in [0.15, 0.2) is 11.5 Å². The van der Waals surface area contributed by atoms with Gasteiger partial charge in [0, 0.05) is 26.2 Å². The zero-order valence-electron chi connectivity index (χ0n) is 13.0. The Morgan fingerprint density at radius 1 is 1.10 bits per heavy atom. The molecule has 1 aromatic carbocycles. The van der Waals surface area contributed by atoms with Crippen LogP contribution >= 0.6 is 0 Å². The van der Waals surface area contributed by atoms with Gasteiger partial charge in [0.05, 0.1) is 6.61 Å². The molecule has 0 saturated carbocycles. The predicted molar refractivity (Wildman–Crippen MR) is 83.4 cm³/mol. The summed E-state index contributed by atoms with van der Waals surface area (Å²) in [6.07, 6.45) is 0. The average Bonchev–Trinajstić information content (AvgIpc) is 2.40. The lowest BCUT2D eigenvalue weighted by atomic mass is 10.2. The van der Waals surface area contributed by atoms with Crippen LogP contribution in [-0.4, -0.2) is 44.3 Å². The van der Waals surface area contributed by atoms with E-state index in [9.17, 15) is 0 Å². The van der Waals surface area contributed by atoms with Gasteiger partial charge in [-0.3, -0.25) is 4.90 Å². The maximum Gasteiger partial charge on any atom is 0.161 e. The van der Waals surface area contributed by atoms with Crippen molar-refractivity contribution in [1.29, 1.82) is 0 Å². The van der Waals surface area contributed by atoms with E-state index in [0.29, 0.717) is 25.7 Å². The third-order valence-electron chi connectivity index (χ3n) is 2.88. The summed E-state index contributed by atoms with van der Waals surface area (Å²) in [5.74, 6) is 2.26. The second kappa shape index (κ2) is 9.61. The Morgan fingerprint density at radius 2 is 1.75 bits per heavy atom. The van der Waals surface area contributed by atoms with Gasteiger partial charge in [-0.05, 0) is 25.0 Å². The number of nitrogens with two attached hydrogens (primary N) is 1. The Morgan fingerprint density at radius 3 is 2.30 bits per heavy atom. The summed E-state index contributed by atoms with van der Waals surface area (Å²) in [5.41, 5.74) is 5.65. The highest BCUT2D eigenvalue weighted by Crippen LogP contribution is 2.26. The normalized spacial score (nSPS) is 11.1. The molecule has 4 nitrogen and oxygen atoms in total. The third kappa shape index (κ3) is 6.26. The van der Waals surface area contributed by atoms with Crippen LogP contribution in [0.2, 0.25) is 0 Å². The summed E-state index contributed by atoms with van der Waals surface area (Å²) in [4.78, 5) is 2.34. The Labute approximate surface area is 122 Å². The van der Waals surface area contributed by atoms with E-state index in [1.54, 1.807) is 0 Å². The minimum Gasteiger partial charge on any atom is -0.490 e. The molecule has 0 saturated heterocycles. The van der Waals surface area contributed by atoms with Crippen LogP contribution in [0.5, 0.6) is 11.5 Å². The minimum absolute atomic E-state index is 0.636. The first kappa shape index (κ1) is 16.8. The Hall–Kier alpha value is -1.26. The average molecular weight is 280 g/mol. The van der Waals surface area contributed by atoms with Gasteiger partial charge >= 0.3 is 0 Å².